The number of carbonyl (C=O) groups excluding carboxylic acids is 3. The predicted octanol–water partition coefficient (Wildman–Crippen LogP) is 6.05. The molecule has 0 spiro atoms. The fourth-order valence-electron chi connectivity index (χ4n) is 13.8. The number of piperidine rings is 3. The Morgan fingerprint density at radius 1 is 0.877 bits per heavy atom. The number of hydrogen-bond donors (Lipinski definition) is 3. The van der Waals surface area contributed by atoms with E-state index in [0.29, 0.717) is 58.0 Å². The van der Waals surface area contributed by atoms with Gasteiger partial charge in [-0.2, -0.15) is 9.97 Å². The quantitative estimate of drug-likeness (QED) is 0.0731. The summed E-state index contributed by atoms with van der Waals surface area (Å²) in [5.41, 5.74) is 3.08. The highest BCUT2D eigenvalue weighted by atomic mass is 19.1. The van der Waals surface area contributed by atoms with Crippen LogP contribution in [0.1, 0.15) is 94.2 Å². The van der Waals surface area contributed by atoms with E-state index in [9.17, 15) is 23.6 Å². The third kappa shape index (κ3) is 11.7. The topological polar surface area (TPSA) is 184 Å². The number of imide groups is 1. The highest BCUT2D eigenvalue weighted by Gasteiger charge is 2.37. The summed E-state index contributed by atoms with van der Waals surface area (Å²) in [6.45, 7) is 9.27. The number of hydrogen-bond acceptors (Lipinski definition) is 14. The number of anilines is 1. The minimum absolute atomic E-state index is 0.0484. The van der Waals surface area contributed by atoms with Gasteiger partial charge in [-0.05, 0) is 126 Å². The van der Waals surface area contributed by atoms with Crippen molar-refractivity contribution in [3.05, 3.63) is 88.0 Å². The van der Waals surface area contributed by atoms with Gasteiger partial charge < -0.3 is 29.9 Å². The van der Waals surface area contributed by atoms with Gasteiger partial charge in [0.1, 0.15) is 28.9 Å². The molecule has 6 aromatic rings. The first-order chi connectivity index (χ1) is 39.4. The lowest BCUT2D eigenvalue weighted by Crippen LogP contribution is -2.51. The number of ether oxygens (including phenoxy) is 2. The normalized spacial score (nSPS) is 23.5. The number of nitrogens with zero attached hydrogens (tertiary/aromatic N) is 9. The van der Waals surface area contributed by atoms with Crippen LogP contribution in [-0.2, 0) is 32.7 Å². The summed E-state index contributed by atoms with van der Waals surface area (Å²) in [6, 6.07) is 16.4. The van der Waals surface area contributed by atoms with Crippen molar-refractivity contribution in [3.63, 3.8) is 0 Å². The Hall–Kier alpha value is -6.89. The molecule has 0 aliphatic carbocycles. The number of likely N-dealkylation sites (tertiary alicyclic amines) is 2. The summed E-state index contributed by atoms with van der Waals surface area (Å²) >= 11 is 0. The van der Waals surface area contributed by atoms with E-state index >= 15 is 4.39 Å². The summed E-state index contributed by atoms with van der Waals surface area (Å²) in [5.74, 6) is 1.80. The fourth-order valence-corrected chi connectivity index (χ4v) is 13.8. The average Bonchev–Trinajstić information content (AvgIpc) is 4.30. The average molecular weight is 1110 g/mol. The number of imidazole rings is 1. The van der Waals surface area contributed by atoms with E-state index in [1.54, 1.807) is 46.6 Å². The molecule has 7 aliphatic heterocycles. The zero-order valence-electron chi connectivity index (χ0n) is 46.7. The van der Waals surface area contributed by atoms with Crippen LogP contribution in [0.2, 0.25) is 0 Å². The molecule has 428 valence electrons. The van der Waals surface area contributed by atoms with Crippen molar-refractivity contribution in [3.8, 4) is 29.6 Å². The molecule has 13 rings (SSSR count). The Labute approximate surface area is 470 Å². The molecule has 7 aliphatic rings. The molecule has 7 fully saturated rings. The van der Waals surface area contributed by atoms with E-state index in [1.807, 2.05) is 24.1 Å². The van der Waals surface area contributed by atoms with Crippen molar-refractivity contribution >= 4 is 56.8 Å². The first-order valence-electron chi connectivity index (χ1n) is 28.9. The molecule has 3 aromatic carbocycles. The van der Waals surface area contributed by atoms with Crippen molar-refractivity contribution in [1.82, 2.24) is 54.7 Å². The molecule has 5 unspecified atom stereocenters. The van der Waals surface area contributed by atoms with Crippen LogP contribution in [0.3, 0.4) is 0 Å². The number of halogens is 2. The molecule has 0 radical (unpaired) electrons. The van der Waals surface area contributed by atoms with Crippen molar-refractivity contribution < 1.29 is 32.6 Å². The van der Waals surface area contributed by atoms with Crippen molar-refractivity contribution in [2.45, 2.75) is 120 Å². The monoisotopic (exact) mass is 1110 g/mol. The van der Waals surface area contributed by atoms with E-state index in [0.717, 1.165) is 133 Å². The maximum absolute atomic E-state index is 16.1. The SMILES string of the molecule is C#Cc1c(F)ccc2cccc(-c3ncc4c(N5CC6CCC(C5)N6)nc(OC)nc4c3F)c12.COCC1CCC2CCCN21.Cn1c(=O)n(C2CCC(=O)NC2=O)c2cccc(CN3CCC(NCC4CCN(C=O)CC4)CC3)c21. The van der Waals surface area contributed by atoms with Crippen LogP contribution in [-0.4, -0.2) is 160 Å². The molecule has 81 heavy (non-hydrogen) atoms. The minimum Gasteiger partial charge on any atom is -0.467 e. The van der Waals surface area contributed by atoms with Gasteiger partial charge in [0.15, 0.2) is 5.82 Å². The molecule has 2 bridgehead atoms. The molecular formula is C61H74F2N12O6. The van der Waals surface area contributed by atoms with Crippen LogP contribution in [0.25, 0.3) is 44.0 Å². The Balaban J connectivity index is 0.000000143. The van der Waals surface area contributed by atoms with Gasteiger partial charge >= 0.3 is 11.7 Å². The number of piperazine rings is 1. The van der Waals surface area contributed by atoms with Crippen molar-refractivity contribution in [2.75, 3.05) is 78.1 Å². The molecule has 10 heterocycles. The zero-order chi connectivity index (χ0) is 56.3. The maximum atomic E-state index is 16.1. The fraction of sp³-hybridized carbons (Fsp3) is 0.525. The number of benzene rings is 3. The summed E-state index contributed by atoms with van der Waals surface area (Å²) in [6.07, 6.45) is 20.9. The highest BCUT2D eigenvalue weighted by molar-refractivity contribution is 6.02. The number of terminal acetylenes is 1. The lowest BCUT2D eigenvalue weighted by Gasteiger charge is -2.35. The van der Waals surface area contributed by atoms with E-state index in [2.05, 4.69) is 57.6 Å². The second-order valence-electron chi connectivity index (χ2n) is 23.0. The minimum atomic E-state index is -0.665. The summed E-state index contributed by atoms with van der Waals surface area (Å²) in [5, 5.41) is 11.4. The van der Waals surface area contributed by atoms with E-state index in [1.165, 1.54) is 45.4 Å². The lowest BCUT2D eigenvalue weighted by molar-refractivity contribution is -0.135. The van der Waals surface area contributed by atoms with Gasteiger partial charge in [-0.1, -0.05) is 42.3 Å². The van der Waals surface area contributed by atoms with Crippen LogP contribution in [0.4, 0.5) is 14.6 Å². The van der Waals surface area contributed by atoms with Crippen molar-refractivity contribution in [2.24, 2.45) is 13.0 Å². The second-order valence-corrected chi connectivity index (χ2v) is 23.0. The first kappa shape index (κ1) is 56.0. The maximum Gasteiger partial charge on any atom is 0.329 e. The third-order valence-corrected chi connectivity index (χ3v) is 18.0. The van der Waals surface area contributed by atoms with Gasteiger partial charge in [-0.15, -0.1) is 6.42 Å². The molecule has 0 saturated carbocycles. The first-order valence-corrected chi connectivity index (χ1v) is 28.9. The largest absolute Gasteiger partial charge is 0.467 e. The lowest BCUT2D eigenvalue weighted by atomic mass is 9.96. The number of aromatic nitrogens is 5. The van der Waals surface area contributed by atoms with Crippen molar-refractivity contribution in [1.29, 1.82) is 0 Å². The third-order valence-electron chi connectivity index (χ3n) is 18.0. The van der Waals surface area contributed by atoms with E-state index in [4.69, 9.17) is 15.9 Å². The Morgan fingerprint density at radius 2 is 1.65 bits per heavy atom. The molecule has 5 atom stereocenters. The van der Waals surface area contributed by atoms with E-state index < -0.39 is 23.6 Å². The van der Waals surface area contributed by atoms with Crippen LogP contribution < -0.4 is 31.3 Å². The van der Waals surface area contributed by atoms with Gasteiger partial charge in [0.05, 0.1) is 35.7 Å². The van der Waals surface area contributed by atoms with Crippen LogP contribution in [0, 0.1) is 29.9 Å². The number of methoxy groups -OCH3 is 2. The molecule has 18 nitrogen and oxygen atoms in total. The molecular weight excluding hydrogens is 1030 g/mol. The second kappa shape index (κ2) is 24.7. The molecule has 7 saturated heterocycles. The number of aryl methyl sites for hydroxylation is 1. The van der Waals surface area contributed by atoms with Gasteiger partial charge in [-0.3, -0.25) is 43.6 Å². The number of fused-ring (bicyclic) bond motifs is 6. The molecule has 3 amide bonds. The highest BCUT2D eigenvalue weighted by Crippen LogP contribution is 2.38. The van der Waals surface area contributed by atoms with Gasteiger partial charge in [0.2, 0.25) is 18.2 Å². The standard InChI is InChI=1S/C26H21F2N5O.C26H36N6O4.C9H17NO/c1-3-17-20(27)10-7-14-5-4-6-18(21(14)17)23-22(28)24-19(11-29-23)25(32-26(31-24)34-2)33-12-15-8-9-16(13-33)30-15;1-29-24-19(3-2-4-21(24)32(26(29)36)22-5-6-23(34)28-25(22)35)16-30-13-9-20(10-14-30)27-15-18-7-11-31(17-33)12-8-18;1-11-7-9-5-4-8-3-2-6-10(8)9/h1,4-7,10-11,15-16,30H,8-9,12-13H2,2H3;2-4,17-18,20,22,27H,5-16H2,1H3,(H,28,34,35);8-9H,2-7H2,1H3. The van der Waals surface area contributed by atoms with Crippen LogP contribution in [0.15, 0.2) is 59.5 Å². The smallest absolute Gasteiger partial charge is 0.329 e. The number of carbonyl (C=O) groups is 3. The Morgan fingerprint density at radius 3 is 2.38 bits per heavy atom. The predicted molar refractivity (Wildman–Crippen MR) is 307 cm³/mol. The summed E-state index contributed by atoms with van der Waals surface area (Å²) in [4.78, 5) is 70.6. The summed E-state index contributed by atoms with van der Waals surface area (Å²) in [7, 11) is 5.02. The van der Waals surface area contributed by atoms with E-state index in [-0.39, 0.29) is 40.8 Å². The van der Waals surface area contributed by atoms with Crippen LogP contribution >= 0.6 is 0 Å². The van der Waals surface area contributed by atoms with Gasteiger partial charge in [-0.25, -0.2) is 13.6 Å². The summed E-state index contributed by atoms with van der Waals surface area (Å²) < 4.78 is 44.3. The number of amides is 3. The number of nitrogens with one attached hydrogen (secondary N) is 3. The molecule has 20 heteroatoms. The zero-order valence-corrected chi connectivity index (χ0v) is 46.7. The van der Waals surface area contributed by atoms with Gasteiger partial charge in [0.25, 0.3) is 0 Å². The molecule has 3 N–H and O–H groups in total. The molecule has 3 aromatic heterocycles. The Bertz CT molecular complexity index is 3390. The number of rotatable bonds is 12. The van der Waals surface area contributed by atoms with Crippen LogP contribution in [0.5, 0.6) is 6.01 Å². The number of para-hydroxylation sites is 1. The van der Waals surface area contributed by atoms with Gasteiger partial charge in [0, 0.05) is 101 Å². The Kier molecular flexibility index (Phi) is 17.1. The number of pyridine rings is 1.